The van der Waals surface area contributed by atoms with Crippen LogP contribution < -0.4 is 11.1 Å². The fourth-order valence-corrected chi connectivity index (χ4v) is 6.00. The molecule has 0 radical (unpaired) electrons. The van der Waals surface area contributed by atoms with Gasteiger partial charge in [0.2, 0.25) is 11.8 Å². The van der Waals surface area contributed by atoms with Crippen LogP contribution in [0.3, 0.4) is 0 Å². The van der Waals surface area contributed by atoms with Gasteiger partial charge in [-0.25, -0.2) is 8.78 Å². The van der Waals surface area contributed by atoms with Gasteiger partial charge in [0.15, 0.2) is 5.76 Å². The molecule has 10 heteroatoms. The Kier molecular flexibility index (Phi) is 12.2. The molecule has 0 fully saturated rings. The van der Waals surface area contributed by atoms with E-state index in [1.54, 1.807) is 24.0 Å². The summed E-state index contributed by atoms with van der Waals surface area (Å²) in [6.45, 7) is 11.4. The highest BCUT2D eigenvalue weighted by atomic mass is 19.1. The molecule has 43 heavy (non-hydrogen) atoms. The van der Waals surface area contributed by atoms with E-state index < -0.39 is 35.0 Å². The molecule has 4 N–H and O–H groups in total. The first-order chi connectivity index (χ1) is 20.4. The van der Waals surface area contributed by atoms with Gasteiger partial charge in [-0.1, -0.05) is 50.6 Å². The Balaban J connectivity index is 1.94. The number of halogens is 2. The molecule has 2 amide bonds. The van der Waals surface area contributed by atoms with Gasteiger partial charge in [0.05, 0.1) is 23.8 Å². The Morgan fingerprint density at radius 3 is 2.35 bits per heavy atom. The topological polar surface area (TPSA) is 122 Å². The van der Waals surface area contributed by atoms with Gasteiger partial charge in [0.25, 0.3) is 0 Å². The van der Waals surface area contributed by atoms with E-state index in [2.05, 4.69) is 24.3 Å². The van der Waals surface area contributed by atoms with Gasteiger partial charge in [-0.15, -0.1) is 0 Å². The highest BCUT2D eigenvalue weighted by molar-refractivity contribution is 5.96. The maximum atomic E-state index is 14.2. The van der Waals surface area contributed by atoms with Crippen LogP contribution in [-0.4, -0.2) is 52.7 Å². The zero-order valence-corrected chi connectivity index (χ0v) is 26.0. The molecule has 1 unspecified atom stereocenters. The first-order valence-electron chi connectivity index (χ1n) is 15.2. The van der Waals surface area contributed by atoms with Crippen molar-refractivity contribution in [2.45, 2.75) is 79.4 Å². The van der Waals surface area contributed by atoms with Crippen LogP contribution in [0.25, 0.3) is 0 Å². The van der Waals surface area contributed by atoms with Crippen LogP contribution in [-0.2, 0) is 29.0 Å². The fourth-order valence-electron chi connectivity index (χ4n) is 6.00. The van der Waals surface area contributed by atoms with E-state index in [0.717, 1.165) is 31.0 Å². The van der Waals surface area contributed by atoms with Gasteiger partial charge in [0, 0.05) is 43.3 Å². The Morgan fingerprint density at radius 2 is 1.77 bits per heavy atom. The van der Waals surface area contributed by atoms with E-state index in [9.17, 15) is 23.5 Å². The zero-order chi connectivity index (χ0) is 31.7. The molecule has 3 atom stereocenters. The number of aliphatic hydroxyl groups excluding tert-OH is 1. The van der Waals surface area contributed by atoms with Crippen molar-refractivity contribution in [2.24, 2.45) is 23.0 Å². The number of hydrogen-bond donors (Lipinski definition) is 3. The Morgan fingerprint density at radius 1 is 1.12 bits per heavy atom. The first kappa shape index (κ1) is 34.1. The highest BCUT2D eigenvalue weighted by Gasteiger charge is 2.48. The van der Waals surface area contributed by atoms with Crippen molar-refractivity contribution in [3.8, 4) is 0 Å². The summed E-state index contributed by atoms with van der Waals surface area (Å²) in [7, 11) is 0. The zero-order valence-electron chi connectivity index (χ0n) is 26.0. The number of aliphatic hydroxyl groups is 1. The second kappa shape index (κ2) is 15.4. The minimum atomic E-state index is -1.49. The summed E-state index contributed by atoms with van der Waals surface area (Å²) < 4.78 is 33.8. The smallest absolute Gasteiger partial charge is 0.249 e. The second-order valence-corrected chi connectivity index (χ2v) is 12.1. The predicted octanol–water partition coefficient (Wildman–Crippen LogP) is 4.86. The quantitative estimate of drug-likeness (QED) is 0.253. The molecule has 1 heterocycles. The fraction of sp³-hybridized carbons (Fsp3) is 0.545. The third-order valence-electron chi connectivity index (χ3n) is 7.76. The number of carbonyl (C=O) groups excluding carboxylic acids is 2. The summed E-state index contributed by atoms with van der Waals surface area (Å²) in [4.78, 5) is 28.8. The SMILES string of the molecule is CCCN(CCC)C(=O)C1=CC(C)=CC(C(N)=O)([C@H](Cc2cc(F)cc(F)c2)[C@@H](O)CNCc2cc(CC(C)C)no2)C1. The lowest BCUT2D eigenvalue weighted by molar-refractivity contribution is -0.132. The van der Waals surface area contributed by atoms with E-state index >= 15 is 0 Å². The molecule has 0 saturated carbocycles. The molecule has 8 nitrogen and oxygen atoms in total. The van der Waals surface area contributed by atoms with Gasteiger partial charge < -0.3 is 25.6 Å². The van der Waals surface area contributed by atoms with E-state index in [0.29, 0.717) is 35.9 Å². The molecule has 1 aliphatic carbocycles. The molecule has 0 saturated heterocycles. The summed E-state index contributed by atoms with van der Waals surface area (Å²) in [6.07, 6.45) is 4.49. The Hall–Kier alpha value is -3.37. The van der Waals surface area contributed by atoms with E-state index in [4.69, 9.17) is 10.3 Å². The lowest BCUT2D eigenvalue weighted by atomic mass is 9.63. The molecular weight excluding hydrogens is 554 g/mol. The number of rotatable bonds is 16. The number of allylic oxidation sites excluding steroid dienone is 2. The third kappa shape index (κ3) is 9.06. The monoisotopic (exact) mass is 600 g/mol. The van der Waals surface area contributed by atoms with Crippen LogP contribution in [0.4, 0.5) is 8.78 Å². The number of hydrogen-bond acceptors (Lipinski definition) is 6. The van der Waals surface area contributed by atoms with Gasteiger partial charge in [0.1, 0.15) is 11.6 Å². The van der Waals surface area contributed by atoms with Crippen LogP contribution in [0.15, 0.2) is 52.1 Å². The van der Waals surface area contributed by atoms with Crippen LogP contribution in [0.5, 0.6) is 0 Å². The second-order valence-electron chi connectivity index (χ2n) is 12.1. The van der Waals surface area contributed by atoms with Crippen LogP contribution in [0, 0.1) is 28.9 Å². The lowest BCUT2D eigenvalue weighted by Gasteiger charge is -2.42. The van der Waals surface area contributed by atoms with Gasteiger partial charge in [-0.3, -0.25) is 9.59 Å². The summed E-state index contributed by atoms with van der Waals surface area (Å²) in [5, 5.41) is 18.9. The predicted molar refractivity (Wildman–Crippen MR) is 162 cm³/mol. The molecule has 2 aromatic rings. The average molecular weight is 601 g/mol. The van der Waals surface area contributed by atoms with Crippen LogP contribution in [0.2, 0.25) is 0 Å². The number of benzene rings is 1. The van der Waals surface area contributed by atoms with Crippen LogP contribution >= 0.6 is 0 Å². The average Bonchev–Trinajstić information content (AvgIpc) is 3.36. The molecular formula is C33H46F2N4O4. The van der Waals surface area contributed by atoms with Crippen molar-refractivity contribution in [3.63, 3.8) is 0 Å². The van der Waals surface area contributed by atoms with E-state index in [-0.39, 0.29) is 37.4 Å². The van der Waals surface area contributed by atoms with Gasteiger partial charge >= 0.3 is 0 Å². The van der Waals surface area contributed by atoms with Crippen molar-refractivity contribution in [2.75, 3.05) is 19.6 Å². The van der Waals surface area contributed by atoms with Crippen molar-refractivity contribution in [1.29, 1.82) is 0 Å². The number of amides is 2. The third-order valence-corrected chi connectivity index (χ3v) is 7.76. The standard InChI is InChI=1S/C33H46F2N4O4/c1-6-8-39(9-7-2)31(41)24-11-22(5)17-33(18-24,32(36)42)29(14-23-12-25(34)15-26(35)13-23)30(40)20-37-19-28-16-27(38-43-28)10-21(3)4/h11-13,15-17,21,29-30,37,40H,6-10,14,18-20H2,1-5H3,(H2,36,42)/t29-,30+,33?/m1/s1. The number of aromatic nitrogens is 1. The summed E-state index contributed by atoms with van der Waals surface area (Å²) >= 11 is 0. The number of nitrogens with two attached hydrogens (primary N) is 1. The Bertz CT molecular complexity index is 1300. The van der Waals surface area contributed by atoms with Gasteiger partial charge in [-0.2, -0.15) is 0 Å². The highest BCUT2D eigenvalue weighted by Crippen LogP contribution is 2.44. The van der Waals surface area contributed by atoms with Crippen molar-refractivity contribution < 1.29 is 28.0 Å². The molecule has 1 aliphatic rings. The maximum Gasteiger partial charge on any atom is 0.249 e. The first-order valence-corrected chi connectivity index (χ1v) is 15.2. The normalized spacial score (nSPS) is 18.3. The number of carbonyl (C=O) groups is 2. The minimum absolute atomic E-state index is 0.0232. The molecule has 0 aliphatic heterocycles. The Labute approximate surface area is 253 Å². The van der Waals surface area contributed by atoms with Crippen molar-refractivity contribution in [1.82, 2.24) is 15.4 Å². The van der Waals surface area contributed by atoms with Crippen LogP contribution in [0.1, 0.15) is 70.9 Å². The lowest BCUT2D eigenvalue weighted by Crippen LogP contribution is -2.51. The summed E-state index contributed by atoms with van der Waals surface area (Å²) in [6, 6.07) is 4.99. The molecule has 1 aromatic carbocycles. The molecule has 0 bridgehead atoms. The number of primary amides is 1. The van der Waals surface area contributed by atoms with E-state index in [1.807, 2.05) is 19.9 Å². The molecule has 236 valence electrons. The summed E-state index contributed by atoms with van der Waals surface area (Å²) in [5.41, 5.74) is 6.76. The van der Waals surface area contributed by atoms with Gasteiger partial charge in [-0.05, 0) is 62.6 Å². The minimum Gasteiger partial charge on any atom is -0.391 e. The number of nitrogens with zero attached hydrogens (tertiary/aromatic N) is 2. The molecule has 1 aromatic heterocycles. The number of nitrogens with one attached hydrogen (secondary N) is 1. The largest absolute Gasteiger partial charge is 0.391 e. The maximum absolute atomic E-state index is 14.2. The van der Waals surface area contributed by atoms with Crippen molar-refractivity contribution >= 4 is 11.8 Å². The summed E-state index contributed by atoms with van der Waals surface area (Å²) in [5.74, 6) is -2.35. The molecule has 3 rings (SSSR count). The van der Waals surface area contributed by atoms with Crippen molar-refractivity contribution in [3.05, 3.63) is 76.2 Å². The van der Waals surface area contributed by atoms with E-state index in [1.165, 1.54) is 12.1 Å². The molecule has 0 spiro atoms.